The SMILES string of the molecule is C=CCO[C@@]12Oc3ccc(Oc4ccc(OC)c(C=O)c4)cc3[C@H]3[C@H](CCCCO)[C@@H](CCCCO)C=C(C(=NOC(C)(C)C)C[C@@H]1N(C)C(=O)c1ccc4ccccc4c1)[C@H]32. The van der Waals surface area contributed by atoms with E-state index in [2.05, 4.69) is 12.7 Å². The molecule has 0 radical (unpaired) electrons. The van der Waals surface area contributed by atoms with E-state index in [9.17, 15) is 19.8 Å². The number of carbonyl (C=O) groups is 2. The Morgan fingerprint density at radius 1 is 0.952 bits per heavy atom. The molecule has 62 heavy (non-hydrogen) atoms. The number of nitrogens with zero attached hydrogens (tertiary/aromatic N) is 2. The molecule has 1 saturated carbocycles. The number of ether oxygens (including phenoxy) is 4. The maximum absolute atomic E-state index is 14.9. The van der Waals surface area contributed by atoms with Gasteiger partial charge in [0.05, 0.1) is 30.9 Å². The molecule has 4 aromatic carbocycles. The fourth-order valence-corrected chi connectivity index (χ4v) is 9.65. The first kappa shape index (κ1) is 44.6. The number of aliphatic hydroxyl groups excluding tert-OH is 2. The first-order chi connectivity index (χ1) is 29.9. The number of hydrogen-bond donors (Lipinski definition) is 2. The van der Waals surface area contributed by atoms with Crippen LogP contribution in [-0.2, 0) is 9.57 Å². The van der Waals surface area contributed by atoms with Crippen LogP contribution in [0.5, 0.6) is 23.0 Å². The normalized spacial score (nSPS) is 23.4. The van der Waals surface area contributed by atoms with Gasteiger partial charge in [-0.15, -0.1) is 6.58 Å². The number of oxime groups is 1. The molecule has 0 saturated heterocycles. The maximum Gasteiger partial charge on any atom is 0.254 e. The zero-order chi connectivity index (χ0) is 44.0. The van der Waals surface area contributed by atoms with Gasteiger partial charge >= 0.3 is 0 Å². The van der Waals surface area contributed by atoms with E-state index in [1.165, 1.54) is 7.11 Å². The molecule has 11 heteroatoms. The lowest BCUT2D eigenvalue weighted by molar-refractivity contribution is -0.252. The number of aldehydes is 1. The number of methoxy groups -OCH3 is 1. The van der Waals surface area contributed by atoms with E-state index in [0.717, 1.165) is 59.6 Å². The van der Waals surface area contributed by atoms with Crippen LogP contribution >= 0.6 is 0 Å². The van der Waals surface area contributed by atoms with Gasteiger partial charge in [0.25, 0.3) is 5.91 Å². The molecule has 1 amide bonds. The number of allylic oxidation sites excluding steroid dienone is 1. The number of aliphatic hydroxyl groups is 2. The number of benzene rings is 4. The van der Waals surface area contributed by atoms with Crippen molar-refractivity contribution in [1.29, 1.82) is 0 Å². The van der Waals surface area contributed by atoms with Gasteiger partial charge in [-0.25, -0.2) is 0 Å². The summed E-state index contributed by atoms with van der Waals surface area (Å²) in [4.78, 5) is 34.8. The van der Waals surface area contributed by atoms with Gasteiger partial charge in [0.15, 0.2) is 6.29 Å². The molecule has 1 heterocycles. The van der Waals surface area contributed by atoms with Gasteiger partial charge in [0.1, 0.15) is 34.6 Å². The topological polar surface area (TPSA) is 136 Å². The second-order valence-electron chi connectivity index (χ2n) is 17.6. The van der Waals surface area contributed by atoms with E-state index in [1.807, 2.05) is 88.5 Å². The monoisotopic (exact) mass is 844 g/mol. The van der Waals surface area contributed by atoms with Crippen molar-refractivity contribution in [3.05, 3.63) is 120 Å². The minimum absolute atomic E-state index is 0.0336. The average molecular weight is 845 g/mol. The molecule has 328 valence electrons. The lowest BCUT2D eigenvalue weighted by atomic mass is 9.55. The standard InChI is InChI=1S/C51H60N2O9/c1-7-26-59-51-46(53(5)49(57)36-19-18-33-14-8-9-15-34(33)27-36)31-43(52-62-50(2,3)4)41-29-35(16-10-12-24-54)40(17-11-13-25-55)47(48(41)51)42-30-39(21-23-45(42)61-51)60-38-20-22-44(58-6)37(28-38)32-56/h7-9,14-15,18-23,27-30,32,35,40,46-48,54-55H,1,10-13,16-17,24-26,31H2,2-6H3/t35-,40+,46-,47+,48+,51+/m0/s1. The molecule has 6 atom stereocenters. The summed E-state index contributed by atoms with van der Waals surface area (Å²) in [6.45, 7) is 10.2. The van der Waals surface area contributed by atoms with Gasteiger partial charge in [0, 0.05) is 43.7 Å². The Kier molecular flexibility index (Phi) is 13.9. The summed E-state index contributed by atoms with van der Waals surface area (Å²) in [5.41, 5.74) is 2.89. The van der Waals surface area contributed by atoms with Gasteiger partial charge < -0.3 is 38.9 Å². The molecule has 0 bridgehead atoms. The lowest BCUT2D eigenvalue weighted by Gasteiger charge is -2.59. The third kappa shape index (κ3) is 9.16. The highest BCUT2D eigenvalue weighted by Crippen LogP contribution is 2.62. The number of amides is 1. The fraction of sp³-hybridized carbons (Fsp3) is 0.431. The molecule has 2 aliphatic carbocycles. The Morgan fingerprint density at radius 3 is 2.39 bits per heavy atom. The van der Waals surface area contributed by atoms with Crippen LogP contribution in [0, 0.1) is 17.8 Å². The molecule has 1 fully saturated rings. The number of carbonyl (C=O) groups excluding carboxylic acids is 2. The lowest BCUT2D eigenvalue weighted by Crippen LogP contribution is -2.69. The molecular weight excluding hydrogens is 785 g/mol. The quantitative estimate of drug-likeness (QED) is 0.0434. The third-order valence-electron chi connectivity index (χ3n) is 12.4. The molecule has 7 rings (SSSR count). The van der Waals surface area contributed by atoms with Gasteiger partial charge in [-0.1, -0.05) is 60.5 Å². The molecule has 0 spiro atoms. The van der Waals surface area contributed by atoms with Crippen LogP contribution < -0.4 is 14.2 Å². The predicted molar refractivity (Wildman–Crippen MR) is 240 cm³/mol. The van der Waals surface area contributed by atoms with Crippen LogP contribution in [0.1, 0.15) is 97.9 Å². The Morgan fingerprint density at radius 2 is 1.68 bits per heavy atom. The molecule has 4 aromatic rings. The van der Waals surface area contributed by atoms with Gasteiger partial charge in [-0.05, 0) is 123 Å². The van der Waals surface area contributed by atoms with Crippen molar-refractivity contribution in [2.75, 3.05) is 34.0 Å². The molecular formula is C51H60N2O9. The van der Waals surface area contributed by atoms with E-state index in [4.69, 9.17) is 28.9 Å². The van der Waals surface area contributed by atoms with Gasteiger partial charge in [-0.3, -0.25) is 9.59 Å². The summed E-state index contributed by atoms with van der Waals surface area (Å²) in [6.07, 6.45) is 9.59. The van der Waals surface area contributed by atoms with Crippen molar-refractivity contribution in [3.8, 4) is 23.0 Å². The highest BCUT2D eigenvalue weighted by Gasteiger charge is 2.65. The van der Waals surface area contributed by atoms with Crippen LogP contribution in [0.15, 0.2) is 108 Å². The molecule has 2 N–H and O–H groups in total. The highest BCUT2D eigenvalue weighted by atomic mass is 16.7. The summed E-state index contributed by atoms with van der Waals surface area (Å²) in [7, 11) is 3.33. The number of likely N-dealkylation sites (N-methyl/N-ethyl adjacent to an activating group) is 1. The van der Waals surface area contributed by atoms with E-state index in [0.29, 0.717) is 47.0 Å². The Hall–Kier alpha value is -5.49. The minimum Gasteiger partial charge on any atom is -0.496 e. The first-order valence-electron chi connectivity index (χ1n) is 21.8. The molecule has 0 unspecified atom stereocenters. The van der Waals surface area contributed by atoms with Crippen molar-refractivity contribution in [2.45, 2.75) is 89.1 Å². The highest BCUT2D eigenvalue weighted by molar-refractivity contribution is 6.04. The van der Waals surface area contributed by atoms with Crippen molar-refractivity contribution >= 4 is 28.7 Å². The molecule has 3 aliphatic rings. The number of rotatable bonds is 18. The minimum atomic E-state index is -1.40. The summed E-state index contributed by atoms with van der Waals surface area (Å²) in [5, 5.41) is 26.8. The zero-order valence-electron chi connectivity index (χ0n) is 36.5. The Balaban J connectivity index is 1.43. The predicted octanol–water partition coefficient (Wildman–Crippen LogP) is 9.66. The number of fused-ring (bicyclic) bond motifs is 3. The third-order valence-corrected chi connectivity index (χ3v) is 12.4. The second-order valence-corrected chi connectivity index (χ2v) is 17.6. The smallest absolute Gasteiger partial charge is 0.254 e. The van der Waals surface area contributed by atoms with E-state index < -0.39 is 23.3 Å². The van der Waals surface area contributed by atoms with Crippen LogP contribution in [0.25, 0.3) is 10.8 Å². The van der Waals surface area contributed by atoms with Crippen molar-refractivity contribution < 1.29 is 43.6 Å². The molecule has 0 aromatic heterocycles. The number of hydrogen-bond acceptors (Lipinski definition) is 10. The van der Waals surface area contributed by atoms with Gasteiger partial charge in [-0.2, -0.15) is 0 Å². The van der Waals surface area contributed by atoms with Crippen LogP contribution in [0.2, 0.25) is 0 Å². The van der Waals surface area contributed by atoms with Crippen LogP contribution in [-0.4, -0.2) is 84.4 Å². The van der Waals surface area contributed by atoms with E-state index in [-0.39, 0.29) is 49.9 Å². The van der Waals surface area contributed by atoms with E-state index >= 15 is 0 Å². The zero-order valence-corrected chi connectivity index (χ0v) is 36.5. The van der Waals surface area contributed by atoms with Crippen molar-refractivity contribution in [3.63, 3.8) is 0 Å². The largest absolute Gasteiger partial charge is 0.496 e. The van der Waals surface area contributed by atoms with E-state index in [1.54, 1.807) is 29.2 Å². The maximum atomic E-state index is 14.9. The first-order valence-corrected chi connectivity index (χ1v) is 21.8. The summed E-state index contributed by atoms with van der Waals surface area (Å²) in [6, 6.07) is 23.9. The van der Waals surface area contributed by atoms with Crippen molar-refractivity contribution in [1.82, 2.24) is 4.90 Å². The Bertz CT molecular complexity index is 2310. The summed E-state index contributed by atoms with van der Waals surface area (Å²) < 4.78 is 26.2. The Labute approximate surface area is 365 Å². The molecule has 11 nitrogen and oxygen atoms in total. The molecule has 1 aliphatic heterocycles. The number of unbranched alkanes of at least 4 members (excludes halogenated alkanes) is 2. The summed E-state index contributed by atoms with van der Waals surface area (Å²) in [5.74, 6) is -0.125. The van der Waals surface area contributed by atoms with Crippen LogP contribution in [0.4, 0.5) is 0 Å². The van der Waals surface area contributed by atoms with Gasteiger partial charge in [0.2, 0.25) is 5.79 Å². The average Bonchev–Trinajstić information content (AvgIpc) is 3.27. The fourth-order valence-electron chi connectivity index (χ4n) is 9.65. The van der Waals surface area contributed by atoms with Crippen LogP contribution in [0.3, 0.4) is 0 Å². The summed E-state index contributed by atoms with van der Waals surface area (Å²) >= 11 is 0. The van der Waals surface area contributed by atoms with Crippen molar-refractivity contribution in [2.24, 2.45) is 22.9 Å². The second kappa shape index (κ2) is 19.3.